The third-order valence-electron chi connectivity index (χ3n) is 2.81. The van der Waals surface area contributed by atoms with Crippen molar-refractivity contribution in [3.05, 3.63) is 42.2 Å². The number of hydrogen-bond donors (Lipinski definition) is 2. The highest BCUT2D eigenvalue weighted by atomic mass is 15.0. The second kappa shape index (κ2) is 3.59. The van der Waals surface area contributed by atoms with Gasteiger partial charge in [0.25, 0.3) is 0 Å². The monoisotopic (exact) mass is 224 g/mol. The van der Waals surface area contributed by atoms with Gasteiger partial charge >= 0.3 is 0 Å². The van der Waals surface area contributed by atoms with Crippen molar-refractivity contribution in [1.29, 1.82) is 0 Å². The average molecular weight is 224 g/mol. The lowest BCUT2D eigenvalue weighted by Gasteiger charge is -2.02. The molecule has 0 atom stereocenters. The van der Waals surface area contributed by atoms with E-state index in [0.717, 1.165) is 27.9 Å². The minimum absolute atomic E-state index is 0.302. The number of nitrogen functional groups attached to an aromatic ring is 1. The molecular formula is C13H12N4. The number of nitrogens with two attached hydrogens (primary N) is 1. The second-order valence-corrected chi connectivity index (χ2v) is 3.96. The van der Waals surface area contributed by atoms with Gasteiger partial charge in [-0.15, -0.1) is 0 Å². The molecule has 3 rings (SSSR count). The Bertz CT molecular complexity index is 670. The number of nitrogens with one attached hydrogen (secondary N) is 1. The highest BCUT2D eigenvalue weighted by Gasteiger charge is 2.10. The fourth-order valence-electron chi connectivity index (χ4n) is 2.08. The smallest absolute Gasteiger partial charge is 0.222 e. The predicted molar refractivity (Wildman–Crippen MR) is 68.5 cm³/mol. The van der Waals surface area contributed by atoms with Gasteiger partial charge in [0.1, 0.15) is 5.65 Å². The van der Waals surface area contributed by atoms with E-state index in [-0.39, 0.29) is 0 Å². The van der Waals surface area contributed by atoms with Gasteiger partial charge in [0.2, 0.25) is 5.95 Å². The first-order valence-electron chi connectivity index (χ1n) is 5.42. The Labute approximate surface area is 98.5 Å². The summed E-state index contributed by atoms with van der Waals surface area (Å²) in [5.41, 5.74) is 9.57. The zero-order valence-electron chi connectivity index (χ0n) is 9.44. The topological polar surface area (TPSA) is 67.6 Å². The zero-order chi connectivity index (χ0) is 11.8. The maximum absolute atomic E-state index is 5.63. The lowest BCUT2D eigenvalue weighted by atomic mass is 10.1. The first-order valence-corrected chi connectivity index (χ1v) is 5.42. The summed E-state index contributed by atoms with van der Waals surface area (Å²) in [5.74, 6) is 0.302. The lowest BCUT2D eigenvalue weighted by molar-refractivity contribution is 1.16. The summed E-state index contributed by atoms with van der Waals surface area (Å²) in [6.45, 7) is 1.95. The summed E-state index contributed by atoms with van der Waals surface area (Å²) in [7, 11) is 0. The van der Waals surface area contributed by atoms with Gasteiger partial charge in [-0.2, -0.15) is 4.98 Å². The number of rotatable bonds is 1. The van der Waals surface area contributed by atoms with Crippen LogP contribution < -0.4 is 5.73 Å². The predicted octanol–water partition coefficient (Wildman–Crippen LogP) is 2.52. The van der Waals surface area contributed by atoms with Crippen LogP contribution in [0.5, 0.6) is 0 Å². The van der Waals surface area contributed by atoms with Crippen LogP contribution in [0, 0.1) is 6.92 Å². The first-order chi connectivity index (χ1) is 8.25. The SMILES string of the molecule is Cc1nc(N)nc2[nH]cc(-c3ccccc3)c12. The van der Waals surface area contributed by atoms with Gasteiger partial charge in [-0.3, -0.25) is 0 Å². The van der Waals surface area contributed by atoms with E-state index in [4.69, 9.17) is 5.73 Å². The standard InChI is InChI=1S/C13H12N4/c1-8-11-10(9-5-3-2-4-6-9)7-15-12(11)17-13(14)16-8/h2-7H,1H3,(H3,14,15,16,17). The molecule has 0 bridgehead atoms. The first kappa shape index (κ1) is 9.84. The number of anilines is 1. The highest BCUT2D eigenvalue weighted by molar-refractivity contribution is 5.95. The molecule has 84 valence electrons. The fourth-order valence-corrected chi connectivity index (χ4v) is 2.08. The van der Waals surface area contributed by atoms with E-state index in [1.165, 1.54) is 0 Å². The molecule has 2 aromatic heterocycles. The Hall–Kier alpha value is -2.36. The van der Waals surface area contributed by atoms with Gasteiger partial charge in [0, 0.05) is 17.1 Å². The minimum Gasteiger partial charge on any atom is -0.368 e. The van der Waals surface area contributed by atoms with E-state index in [1.807, 2.05) is 31.3 Å². The molecule has 0 spiro atoms. The number of nitrogens with zero attached hydrogens (tertiary/aromatic N) is 2. The molecule has 0 unspecified atom stereocenters. The molecule has 3 N–H and O–H groups in total. The molecule has 0 saturated carbocycles. The molecule has 0 fully saturated rings. The van der Waals surface area contributed by atoms with Gasteiger partial charge < -0.3 is 10.7 Å². The van der Waals surface area contributed by atoms with E-state index in [2.05, 4.69) is 27.1 Å². The molecular weight excluding hydrogens is 212 g/mol. The van der Waals surface area contributed by atoms with Crippen LogP contribution in [0.15, 0.2) is 36.5 Å². The van der Waals surface area contributed by atoms with Crippen molar-refractivity contribution in [3.8, 4) is 11.1 Å². The third kappa shape index (κ3) is 1.54. The lowest BCUT2D eigenvalue weighted by Crippen LogP contribution is -1.97. The summed E-state index contributed by atoms with van der Waals surface area (Å²) in [6.07, 6.45) is 1.95. The average Bonchev–Trinajstić information content (AvgIpc) is 2.74. The zero-order valence-corrected chi connectivity index (χ0v) is 9.44. The van der Waals surface area contributed by atoms with Gasteiger partial charge in [-0.1, -0.05) is 30.3 Å². The van der Waals surface area contributed by atoms with Crippen molar-refractivity contribution in [3.63, 3.8) is 0 Å². The van der Waals surface area contributed by atoms with Gasteiger partial charge in [0.15, 0.2) is 0 Å². The molecule has 4 nitrogen and oxygen atoms in total. The van der Waals surface area contributed by atoms with Crippen LogP contribution in [0.25, 0.3) is 22.2 Å². The molecule has 0 aliphatic heterocycles. The Morgan fingerprint density at radius 3 is 2.65 bits per heavy atom. The fraction of sp³-hybridized carbons (Fsp3) is 0.0769. The Kier molecular flexibility index (Phi) is 2.08. The Morgan fingerprint density at radius 1 is 1.12 bits per heavy atom. The Morgan fingerprint density at radius 2 is 1.88 bits per heavy atom. The van der Waals surface area contributed by atoms with E-state index >= 15 is 0 Å². The van der Waals surface area contributed by atoms with E-state index in [0.29, 0.717) is 5.95 Å². The maximum atomic E-state index is 5.63. The molecule has 0 aliphatic rings. The van der Waals surface area contributed by atoms with Crippen molar-refractivity contribution in [1.82, 2.24) is 15.0 Å². The number of H-pyrrole nitrogens is 1. The number of fused-ring (bicyclic) bond motifs is 1. The van der Waals surface area contributed by atoms with E-state index < -0.39 is 0 Å². The van der Waals surface area contributed by atoms with Crippen molar-refractivity contribution in [2.75, 3.05) is 5.73 Å². The van der Waals surface area contributed by atoms with E-state index in [9.17, 15) is 0 Å². The number of benzene rings is 1. The normalized spacial score (nSPS) is 10.9. The maximum Gasteiger partial charge on any atom is 0.222 e. The van der Waals surface area contributed by atoms with Crippen molar-refractivity contribution >= 4 is 17.0 Å². The van der Waals surface area contributed by atoms with Crippen LogP contribution in [0.1, 0.15) is 5.69 Å². The second-order valence-electron chi connectivity index (χ2n) is 3.96. The van der Waals surface area contributed by atoms with Crippen molar-refractivity contribution < 1.29 is 0 Å². The van der Waals surface area contributed by atoms with Crippen LogP contribution in [0.4, 0.5) is 5.95 Å². The van der Waals surface area contributed by atoms with Crippen molar-refractivity contribution in [2.45, 2.75) is 6.92 Å². The van der Waals surface area contributed by atoms with Gasteiger partial charge in [0.05, 0.1) is 5.69 Å². The van der Waals surface area contributed by atoms with Crippen molar-refractivity contribution in [2.24, 2.45) is 0 Å². The molecule has 0 radical (unpaired) electrons. The Balaban J connectivity index is 2.32. The van der Waals surface area contributed by atoms with Gasteiger partial charge in [-0.05, 0) is 12.5 Å². The number of aryl methyl sites for hydroxylation is 1. The molecule has 4 heteroatoms. The van der Waals surface area contributed by atoms with Crippen LogP contribution in [0.2, 0.25) is 0 Å². The molecule has 3 aromatic rings. The van der Waals surface area contributed by atoms with Crippen LogP contribution in [-0.2, 0) is 0 Å². The number of aromatic amines is 1. The molecule has 17 heavy (non-hydrogen) atoms. The van der Waals surface area contributed by atoms with Crippen LogP contribution in [0.3, 0.4) is 0 Å². The minimum atomic E-state index is 0.302. The molecule has 2 heterocycles. The summed E-state index contributed by atoms with van der Waals surface area (Å²) in [5, 5.41) is 1.03. The number of aromatic nitrogens is 3. The van der Waals surface area contributed by atoms with Crippen LogP contribution >= 0.6 is 0 Å². The highest BCUT2D eigenvalue weighted by Crippen LogP contribution is 2.29. The quantitative estimate of drug-likeness (QED) is 0.667. The third-order valence-corrected chi connectivity index (χ3v) is 2.81. The van der Waals surface area contributed by atoms with Crippen LogP contribution in [-0.4, -0.2) is 15.0 Å². The molecule has 1 aromatic carbocycles. The summed E-state index contributed by atoms with van der Waals surface area (Å²) in [4.78, 5) is 11.5. The van der Waals surface area contributed by atoms with Gasteiger partial charge in [-0.25, -0.2) is 4.98 Å². The summed E-state index contributed by atoms with van der Waals surface area (Å²) >= 11 is 0. The molecule has 0 aliphatic carbocycles. The number of hydrogen-bond acceptors (Lipinski definition) is 3. The largest absolute Gasteiger partial charge is 0.368 e. The summed E-state index contributed by atoms with van der Waals surface area (Å²) in [6, 6.07) is 10.2. The molecule has 0 amide bonds. The molecule has 0 saturated heterocycles. The summed E-state index contributed by atoms with van der Waals surface area (Å²) < 4.78 is 0. The van der Waals surface area contributed by atoms with E-state index in [1.54, 1.807) is 0 Å².